The minimum Gasteiger partial charge on any atom is -0.322 e. The number of carbonyl (C=O) groups is 1. The quantitative estimate of drug-likeness (QED) is 0.878. The smallest absolute Gasteiger partial charge is 0.256 e. The van der Waals surface area contributed by atoms with E-state index in [1.807, 2.05) is 5.38 Å². The van der Waals surface area contributed by atoms with Gasteiger partial charge in [-0.15, -0.1) is 11.3 Å². The lowest BCUT2D eigenvalue weighted by molar-refractivity contribution is 0.102. The molecule has 1 heterocycles. The molecule has 0 bridgehead atoms. The third-order valence-electron chi connectivity index (χ3n) is 4.18. The van der Waals surface area contributed by atoms with E-state index >= 15 is 0 Å². The van der Waals surface area contributed by atoms with Crippen LogP contribution >= 0.6 is 11.3 Å². The average Bonchev–Trinajstić information content (AvgIpc) is 2.92. The minimum absolute atomic E-state index is 0.0888. The Morgan fingerprint density at radius 1 is 1.38 bits per heavy atom. The first kappa shape index (κ1) is 14.3. The standard InChI is InChI=1S/C17H18FNOS/c1-2-11-3-8-14-15(10-21-16(14)9-11)17(20)19-13-6-4-12(18)5-7-13/h4-7,10-11H,2-3,8-9H2,1H3,(H,19,20). The van der Waals surface area contributed by atoms with E-state index in [9.17, 15) is 9.18 Å². The first-order valence-electron chi connectivity index (χ1n) is 7.33. The summed E-state index contributed by atoms with van der Waals surface area (Å²) in [4.78, 5) is 13.7. The summed E-state index contributed by atoms with van der Waals surface area (Å²) in [5.74, 6) is 0.365. The van der Waals surface area contributed by atoms with E-state index in [0.717, 1.165) is 30.7 Å². The summed E-state index contributed by atoms with van der Waals surface area (Å²) < 4.78 is 12.9. The molecule has 1 aromatic heterocycles. The first-order valence-corrected chi connectivity index (χ1v) is 8.21. The maximum atomic E-state index is 12.9. The van der Waals surface area contributed by atoms with Gasteiger partial charge in [0, 0.05) is 15.9 Å². The van der Waals surface area contributed by atoms with Gasteiger partial charge in [0.1, 0.15) is 5.82 Å². The fourth-order valence-corrected chi connectivity index (χ4v) is 4.05. The fourth-order valence-electron chi connectivity index (χ4n) is 2.85. The predicted octanol–water partition coefficient (Wildman–Crippen LogP) is 4.65. The number of hydrogen-bond acceptors (Lipinski definition) is 2. The third kappa shape index (κ3) is 3.00. The Balaban J connectivity index is 1.77. The lowest BCUT2D eigenvalue weighted by Gasteiger charge is -2.21. The van der Waals surface area contributed by atoms with E-state index in [1.165, 1.54) is 29.0 Å². The minimum atomic E-state index is -0.300. The van der Waals surface area contributed by atoms with Crippen molar-refractivity contribution < 1.29 is 9.18 Å². The van der Waals surface area contributed by atoms with Gasteiger partial charge in [-0.05, 0) is 55.0 Å². The van der Waals surface area contributed by atoms with Crippen molar-refractivity contribution in [2.45, 2.75) is 32.6 Å². The van der Waals surface area contributed by atoms with E-state index in [-0.39, 0.29) is 11.7 Å². The summed E-state index contributed by atoms with van der Waals surface area (Å²) in [7, 11) is 0. The van der Waals surface area contributed by atoms with Crippen LogP contribution in [0.5, 0.6) is 0 Å². The van der Waals surface area contributed by atoms with Crippen LogP contribution in [0.3, 0.4) is 0 Å². The van der Waals surface area contributed by atoms with Gasteiger partial charge in [0.05, 0.1) is 5.56 Å². The van der Waals surface area contributed by atoms with Gasteiger partial charge in [-0.25, -0.2) is 4.39 Å². The second-order valence-electron chi connectivity index (χ2n) is 5.53. The Morgan fingerprint density at radius 2 is 2.14 bits per heavy atom. The van der Waals surface area contributed by atoms with Crippen LogP contribution in [0.1, 0.15) is 40.6 Å². The molecule has 1 atom stereocenters. The highest BCUT2D eigenvalue weighted by Gasteiger charge is 2.24. The number of carbonyl (C=O) groups excluding carboxylic acids is 1. The van der Waals surface area contributed by atoms with Gasteiger partial charge in [0.25, 0.3) is 5.91 Å². The molecule has 0 fully saturated rings. The van der Waals surface area contributed by atoms with E-state index in [4.69, 9.17) is 0 Å². The Bertz CT molecular complexity index is 647. The van der Waals surface area contributed by atoms with Crippen LogP contribution in [-0.2, 0) is 12.8 Å². The van der Waals surface area contributed by atoms with Gasteiger partial charge in [0.2, 0.25) is 0 Å². The van der Waals surface area contributed by atoms with Crippen LogP contribution < -0.4 is 5.32 Å². The number of halogens is 1. The Kier molecular flexibility index (Phi) is 4.06. The fraction of sp³-hybridized carbons (Fsp3) is 0.353. The SMILES string of the molecule is CCC1CCc2c(C(=O)Nc3ccc(F)cc3)csc2C1. The second-order valence-corrected chi connectivity index (χ2v) is 6.49. The number of benzene rings is 1. The first-order chi connectivity index (χ1) is 10.2. The number of thiophene rings is 1. The largest absolute Gasteiger partial charge is 0.322 e. The van der Waals surface area contributed by atoms with Crippen molar-refractivity contribution >= 4 is 22.9 Å². The molecule has 21 heavy (non-hydrogen) atoms. The summed E-state index contributed by atoms with van der Waals surface area (Å²) in [5, 5.41) is 4.81. The van der Waals surface area contributed by atoms with E-state index < -0.39 is 0 Å². The molecular weight excluding hydrogens is 285 g/mol. The Hall–Kier alpha value is -1.68. The molecule has 0 aliphatic heterocycles. The molecule has 3 rings (SSSR count). The highest BCUT2D eigenvalue weighted by Crippen LogP contribution is 2.34. The zero-order chi connectivity index (χ0) is 14.8. The summed E-state index contributed by atoms with van der Waals surface area (Å²) in [5.41, 5.74) is 2.63. The molecule has 4 heteroatoms. The maximum Gasteiger partial charge on any atom is 0.256 e. The third-order valence-corrected chi connectivity index (χ3v) is 5.23. The molecule has 0 saturated heterocycles. The molecule has 1 aromatic carbocycles. The highest BCUT2D eigenvalue weighted by atomic mass is 32.1. The number of amides is 1. The van der Waals surface area contributed by atoms with Gasteiger partial charge in [-0.3, -0.25) is 4.79 Å². The summed E-state index contributed by atoms with van der Waals surface area (Å²) in [6.07, 6.45) is 4.45. The molecule has 0 saturated carbocycles. The van der Waals surface area contributed by atoms with Crippen molar-refractivity contribution in [3.63, 3.8) is 0 Å². The molecule has 2 aromatic rings. The highest BCUT2D eigenvalue weighted by molar-refractivity contribution is 7.10. The van der Waals surface area contributed by atoms with Crippen LogP contribution in [0.2, 0.25) is 0 Å². The zero-order valence-corrected chi connectivity index (χ0v) is 12.8. The molecule has 0 radical (unpaired) electrons. The van der Waals surface area contributed by atoms with Crippen molar-refractivity contribution in [1.82, 2.24) is 0 Å². The van der Waals surface area contributed by atoms with Crippen LogP contribution in [-0.4, -0.2) is 5.91 Å². The van der Waals surface area contributed by atoms with Gasteiger partial charge in [0.15, 0.2) is 0 Å². The van der Waals surface area contributed by atoms with E-state index in [1.54, 1.807) is 23.5 Å². The van der Waals surface area contributed by atoms with E-state index in [2.05, 4.69) is 12.2 Å². The molecule has 1 amide bonds. The van der Waals surface area contributed by atoms with Crippen molar-refractivity contribution in [3.05, 3.63) is 51.5 Å². The van der Waals surface area contributed by atoms with Crippen LogP contribution in [0.25, 0.3) is 0 Å². The summed E-state index contributed by atoms with van der Waals surface area (Å²) in [6.45, 7) is 2.23. The topological polar surface area (TPSA) is 29.1 Å². The van der Waals surface area contributed by atoms with Crippen molar-refractivity contribution in [2.24, 2.45) is 5.92 Å². The summed E-state index contributed by atoms with van der Waals surface area (Å²) >= 11 is 1.69. The summed E-state index contributed by atoms with van der Waals surface area (Å²) in [6, 6.07) is 5.87. The predicted molar refractivity (Wildman–Crippen MR) is 84.5 cm³/mol. The number of hydrogen-bond donors (Lipinski definition) is 1. The molecule has 1 aliphatic carbocycles. The molecule has 2 nitrogen and oxygen atoms in total. The second kappa shape index (κ2) is 5.98. The Labute approximate surface area is 128 Å². The Morgan fingerprint density at radius 3 is 2.86 bits per heavy atom. The van der Waals surface area contributed by atoms with Crippen LogP contribution in [0.4, 0.5) is 10.1 Å². The van der Waals surface area contributed by atoms with Gasteiger partial charge in [-0.2, -0.15) is 0 Å². The van der Waals surface area contributed by atoms with Crippen molar-refractivity contribution in [3.8, 4) is 0 Å². The lowest BCUT2D eigenvalue weighted by Crippen LogP contribution is -2.17. The molecule has 1 unspecified atom stereocenters. The van der Waals surface area contributed by atoms with Gasteiger partial charge in [-0.1, -0.05) is 13.3 Å². The van der Waals surface area contributed by atoms with Crippen molar-refractivity contribution in [2.75, 3.05) is 5.32 Å². The molecule has 1 aliphatic rings. The van der Waals surface area contributed by atoms with Crippen LogP contribution in [0, 0.1) is 11.7 Å². The molecule has 1 N–H and O–H groups in total. The number of nitrogens with one attached hydrogen (secondary N) is 1. The van der Waals surface area contributed by atoms with Crippen molar-refractivity contribution in [1.29, 1.82) is 0 Å². The maximum absolute atomic E-state index is 12.9. The molecule has 110 valence electrons. The number of rotatable bonds is 3. The normalized spacial score (nSPS) is 17.3. The van der Waals surface area contributed by atoms with Gasteiger partial charge >= 0.3 is 0 Å². The van der Waals surface area contributed by atoms with Gasteiger partial charge < -0.3 is 5.32 Å². The molecular formula is C17H18FNOS. The van der Waals surface area contributed by atoms with E-state index in [0.29, 0.717) is 5.69 Å². The van der Waals surface area contributed by atoms with Crippen LogP contribution in [0.15, 0.2) is 29.6 Å². The monoisotopic (exact) mass is 303 g/mol. The number of fused-ring (bicyclic) bond motifs is 1. The number of anilines is 1. The zero-order valence-electron chi connectivity index (χ0n) is 12.0. The average molecular weight is 303 g/mol. The molecule has 0 spiro atoms. The lowest BCUT2D eigenvalue weighted by atomic mass is 9.86.